The van der Waals surface area contributed by atoms with Crippen LogP contribution in [0.5, 0.6) is 0 Å². The minimum atomic E-state index is -3.34. The number of nitrogens with one attached hydrogen (secondary N) is 2. The maximum atomic E-state index is 14.0. The summed E-state index contributed by atoms with van der Waals surface area (Å²) in [6.45, 7) is 1.46. The van der Waals surface area contributed by atoms with Crippen molar-refractivity contribution in [3.8, 4) is 0 Å². The molecule has 2 amide bonds. The van der Waals surface area contributed by atoms with Gasteiger partial charge in [0.1, 0.15) is 4.91 Å². The molecule has 3 aliphatic carbocycles. The second-order valence-electron chi connectivity index (χ2n) is 8.99. The Balaban J connectivity index is 1.44. The lowest BCUT2D eigenvalue weighted by Gasteiger charge is -2.21. The van der Waals surface area contributed by atoms with Gasteiger partial charge >= 0.3 is 6.03 Å². The van der Waals surface area contributed by atoms with E-state index >= 15 is 0 Å². The van der Waals surface area contributed by atoms with Crippen LogP contribution in [0.25, 0.3) is 0 Å². The number of carbonyl (C=O) groups is 1. The highest BCUT2D eigenvalue weighted by atomic mass is 32.2. The van der Waals surface area contributed by atoms with Crippen LogP contribution < -0.4 is 15.8 Å². The summed E-state index contributed by atoms with van der Waals surface area (Å²) in [6, 6.07) is 1.79. The van der Waals surface area contributed by atoms with Crippen LogP contribution in [0.2, 0.25) is 0 Å². The Bertz CT molecular complexity index is 1080. The van der Waals surface area contributed by atoms with Gasteiger partial charge in [0.25, 0.3) is 0 Å². The maximum absolute atomic E-state index is 14.0. The molecule has 1 aliphatic heterocycles. The summed E-state index contributed by atoms with van der Waals surface area (Å²) in [6.07, 6.45) is 10.3. The number of carbonyl (C=O) groups excluding carboxylic acids is 1. The summed E-state index contributed by atoms with van der Waals surface area (Å²) in [5, 5.41) is 3.05. The Hall–Kier alpha value is -2.55. The summed E-state index contributed by atoms with van der Waals surface area (Å²) in [5.41, 5.74) is 11.8. The molecule has 1 saturated carbocycles. The first-order valence-corrected chi connectivity index (χ1v) is 13.2. The molecule has 0 spiro atoms. The summed E-state index contributed by atoms with van der Waals surface area (Å²) in [4.78, 5) is 17.7. The highest BCUT2D eigenvalue weighted by Crippen LogP contribution is 2.38. The number of nitrogens with two attached hydrogens (primary N) is 1. The van der Waals surface area contributed by atoms with Crippen molar-refractivity contribution in [3.05, 3.63) is 39.4 Å². The lowest BCUT2D eigenvalue weighted by Crippen LogP contribution is -2.38. The first-order chi connectivity index (χ1) is 15.6. The quantitative estimate of drug-likeness (QED) is 0.608. The molecule has 32 heavy (non-hydrogen) atoms. The average molecular weight is 458 g/mol. The van der Waals surface area contributed by atoms with E-state index in [0.29, 0.717) is 25.6 Å². The van der Waals surface area contributed by atoms with Crippen LogP contribution in [0.1, 0.15) is 54.4 Å². The second-order valence-corrected chi connectivity index (χ2v) is 10.9. The van der Waals surface area contributed by atoms with Crippen molar-refractivity contribution in [2.24, 2.45) is 21.0 Å². The van der Waals surface area contributed by atoms with Crippen LogP contribution in [0.3, 0.4) is 0 Å². The molecule has 9 heteroatoms. The van der Waals surface area contributed by atoms with Crippen molar-refractivity contribution in [2.75, 3.05) is 25.0 Å². The van der Waals surface area contributed by atoms with Gasteiger partial charge in [0, 0.05) is 24.9 Å². The van der Waals surface area contributed by atoms with Crippen LogP contribution in [-0.4, -0.2) is 35.8 Å². The molecule has 1 atom stereocenters. The van der Waals surface area contributed by atoms with Gasteiger partial charge in [-0.05, 0) is 79.5 Å². The fraction of sp³-hybridized carbons (Fsp3) is 0.565. The Kier molecular flexibility index (Phi) is 5.84. The normalized spacial score (nSPS) is 21.6. The molecular formula is C23H31N5O3S. The molecule has 1 fully saturated rings. The molecular weight excluding hydrogens is 426 g/mol. The largest absolute Gasteiger partial charge is 0.477 e. The first kappa shape index (κ1) is 21.3. The predicted molar refractivity (Wildman–Crippen MR) is 126 cm³/mol. The molecule has 1 aromatic carbocycles. The van der Waals surface area contributed by atoms with E-state index in [0.717, 1.165) is 63.5 Å². The van der Waals surface area contributed by atoms with Gasteiger partial charge in [-0.15, -0.1) is 0 Å². The number of urea groups is 1. The summed E-state index contributed by atoms with van der Waals surface area (Å²) >= 11 is 0. The number of hydrogen-bond acceptors (Lipinski definition) is 6. The molecule has 5 rings (SSSR count). The fourth-order valence-corrected chi connectivity index (χ4v) is 6.37. The predicted octanol–water partition coefficient (Wildman–Crippen LogP) is 3.20. The smallest absolute Gasteiger partial charge is 0.331 e. The van der Waals surface area contributed by atoms with Gasteiger partial charge in [0.15, 0.2) is 9.92 Å². The van der Waals surface area contributed by atoms with Gasteiger partial charge in [-0.2, -0.15) is 0 Å². The number of aryl methyl sites for hydroxylation is 2. The molecule has 0 radical (unpaired) electrons. The van der Waals surface area contributed by atoms with Crippen molar-refractivity contribution in [1.29, 1.82) is 0 Å². The van der Waals surface area contributed by atoms with E-state index in [1.54, 1.807) is 0 Å². The van der Waals surface area contributed by atoms with E-state index < -0.39 is 15.9 Å². The molecule has 0 saturated heterocycles. The van der Waals surface area contributed by atoms with Gasteiger partial charge in [-0.25, -0.2) is 18.1 Å². The number of nitrogens with zero attached hydrogens (tertiary/aromatic N) is 2. The minimum Gasteiger partial charge on any atom is -0.477 e. The zero-order valence-corrected chi connectivity index (χ0v) is 19.1. The molecule has 1 heterocycles. The molecule has 4 aliphatic rings. The highest BCUT2D eigenvalue weighted by molar-refractivity contribution is 7.97. The number of aliphatic imine (C=N–C) groups is 1. The van der Waals surface area contributed by atoms with E-state index in [1.165, 1.54) is 28.5 Å². The number of amides is 2. The third-order valence-corrected chi connectivity index (χ3v) is 8.49. The number of rotatable bonds is 6. The summed E-state index contributed by atoms with van der Waals surface area (Å²) in [7, 11) is -3.34. The number of anilines is 1. The fourth-order valence-electron chi connectivity index (χ4n) is 4.79. The molecule has 8 nitrogen and oxygen atoms in total. The minimum absolute atomic E-state index is 0.150. The van der Waals surface area contributed by atoms with Gasteiger partial charge in [0.05, 0.1) is 13.2 Å². The van der Waals surface area contributed by atoms with Gasteiger partial charge < -0.3 is 15.8 Å². The Morgan fingerprint density at radius 1 is 1.19 bits per heavy atom. The molecule has 0 bridgehead atoms. The van der Waals surface area contributed by atoms with Crippen LogP contribution in [-0.2, 0) is 40.3 Å². The van der Waals surface area contributed by atoms with Crippen molar-refractivity contribution in [2.45, 2.75) is 57.8 Å². The van der Waals surface area contributed by atoms with Gasteiger partial charge in [0.2, 0.25) is 5.90 Å². The van der Waals surface area contributed by atoms with Crippen molar-refractivity contribution < 1.29 is 13.7 Å². The first-order valence-electron chi connectivity index (χ1n) is 11.6. The van der Waals surface area contributed by atoms with Crippen LogP contribution in [0.4, 0.5) is 10.5 Å². The Morgan fingerprint density at radius 3 is 2.50 bits per heavy atom. The molecule has 1 aromatic rings. The van der Waals surface area contributed by atoms with Crippen molar-refractivity contribution >= 4 is 27.5 Å². The van der Waals surface area contributed by atoms with Crippen LogP contribution >= 0.6 is 0 Å². The SMILES string of the molecule is NC=C(C1=NCCCO1)S(=O)(=NCC1CC1)NC(=O)Nc1c2c(cc3c1CCC3)CCC2. The monoisotopic (exact) mass is 457 g/mol. The zero-order chi connectivity index (χ0) is 22.1. The van der Waals surface area contributed by atoms with Crippen LogP contribution in [0, 0.1) is 5.92 Å². The maximum Gasteiger partial charge on any atom is 0.331 e. The Labute approximate surface area is 189 Å². The standard InChI is InChI=1S/C23H31N5O3S/c24-13-20(22-25-10-3-11-31-22)32(30,26-14-15-8-9-15)28-23(29)27-21-18-6-1-4-16(18)12-17-5-2-7-19(17)21/h12-13,15H,1-11,14,24H2,(H2,26,27,28,29,30). The van der Waals surface area contributed by atoms with E-state index in [9.17, 15) is 9.00 Å². The highest BCUT2D eigenvalue weighted by Gasteiger charge is 2.30. The van der Waals surface area contributed by atoms with E-state index in [-0.39, 0.29) is 10.8 Å². The zero-order valence-electron chi connectivity index (χ0n) is 18.3. The van der Waals surface area contributed by atoms with Gasteiger partial charge in [-0.1, -0.05) is 6.07 Å². The molecule has 1 unspecified atom stereocenters. The topological polar surface area (TPSA) is 118 Å². The third kappa shape index (κ3) is 4.22. The summed E-state index contributed by atoms with van der Waals surface area (Å²) in [5.74, 6) is 0.625. The van der Waals surface area contributed by atoms with E-state index in [4.69, 9.17) is 10.5 Å². The lowest BCUT2D eigenvalue weighted by molar-refractivity contribution is 0.257. The Morgan fingerprint density at radius 2 is 1.91 bits per heavy atom. The number of hydrogen-bond donors (Lipinski definition) is 3. The lowest BCUT2D eigenvalue weighted by atomic mass is 9.99. The number of fused-ring (bicyclic) bond motifs is 2. The van der Waals surface area contributed by atoms with Gasteiger partial charge in [-0.3, -0.25) is 4.99 Å². The number of benzene rings is 1. The summed E-state index contributed by atoms with van der Waals surface area (Å²) < 4.78 is 26.7. The number of ether oxygens (including phenoxy) is 1. The second kappa shape index (κ2) is 8.77. The molecule has 4 N–H and O–H groups in total. The van der Waals surface area contributed by atoms with E-state index in [1.807, 2.05) is 0 Å². The molecule has 172 valence electrons. The molecule has 0 aromatic heterocycles. The van der Waals surface area contributed by atoms with Crippen molar-refractivity contribution in [3.63, 3.8) is 0 Å². The average Bonchev–Trinajstić information content (AvgIpc) is 3.29. The third-order valence-electron chi connectivity index (χ3n) is 6.61. The van der Waals surface area contributed by atoms with E-state index in [2.05, 4.69) is 25.5 Å². The van der Waals surface area contributed by atoms with Crippen LogP contribution in [0.15, 0.2) is 26.5 Å². The van der Waals surface area contributed by atoms with Crippen molar-refractivity contribution in [1.82, 2.24) is 4.72 Å².